The van der Waals surface area contributed by atoms with E-state index >= 15 is 0 Å². The minimum Gasteiger partial charge on any atom is -0.339 e. The fourth-order valence-corrected chi connectivity index (χ4v) is 2.87. The normalized spacial score (nSPS) is 17.3. The summed E-state index contributed by atoms with van der Waals surface area (Å²) in [5.41, 5.74) is 7.69. The Bertz CT molecular complexity index is 468. The van der Waals surface area contributed by atoms with Crippen LogP contribution in [0.5, 0.6) is 0 Å². The number of carbonyl (C=O) groups is 1. The van der Waals surface area contributed by atoms with E-state index in [0.717, 1.165) is 43.6 Å². The van der Waals surface area contributed by atoms with Crippen molar-refractivity contribution < 1.29 is 4.79 Å². The Morgan fingerprint density at radius 3 is 2.40 bits per heavy atom. The molecule has 0 aliphatic carbocycles. The number of benzene rings is 1. The molecule has 2 N–H and O–H groups in total. The number of nitrogens with two attached hydrogens (primary N) is 1. The molecule has 0 spiro atoms. The summed E-state index contributed by atoms with van der Waals surface area (Å²) in [6, 6.07) is 7.99. The topological polar surface area (TPSA) is 46.3 Å². The van der Waals surface area contributed by atoms with Crippen molar-refractivity contribution in [2.24, 2.45) is 11.7 Å². The van der Waals surface area contributed by atoms with Gasteiger partial charge in [0.05, 0.1) is 0 Å². The number of hydrogen-bond acceptors (Lipinski definition) is 2. The molecule has 1 aromatic carbocycles. The molecule has 0 aromatic heterocycles. The van der Waals surface area contributed by atoms with E-state index in [2.05, 4.69) is 26.8 Å². The Kier molecular flexibility index (Phi) is 4.48. The summed E-state index contributed by atoms with van der Waals surface area (Å²) in [6.45, 7) is 8.86. The fourth-order valence-electron chi connectivity index (χ4n) is 2.87. The summed E-state index contributed by atoms with van der Waals surface area (Å²) < 4.78 is 0. The second-order valence-corrected chi connectivity index (χ2v) is 6.77. The average Bonchev–Trinajstić information content (AvgIpc) is 2.46. The molecule has 0 bridgehead atoms. The summed E-state index contributed by atoms with van der Waals surface area (Å²) in [5, 5.41) is 0. The highest BCUT2D eigenvalue weighted by molar-refractivity contribution is 5.96. The van der Waals surface area contributed by atoms with Gasteiger partial charge in [0.1, 0.15) is 0 Å². The Morgan fingerprint density at radius 1 is 1.25 bits per heavy atom. The van der Waals surface area contributed by atoms with E-state index in [1.165, 1.54) is 0 Å². The van der Waals surface area contributed by atoms with Gasteiger partial charge in [0.15, 0.2) is 0 Å². The summed E-state index contributed by atoms with van der Waals surface area (Å²) in [4.78, 5) is 14.7. The van der Waals surface area contributed by atoms with Gasteiger partial charge in [-0.1, -0.05) is 39.0 Å². The maximum Gasteiger partial charge on any atom is 0.254 e. The molecular formula is C17H26N2O. The van der Waals surface area contributed by atoms with E-state index in [-0.39, 0.29) is 11.3 Å². The Labute approximate surface area is 122 Å². The number of piperidine rings is 1. The Hall–Kier alpha value is -1.35. The third-order valence-corrected chi connectivity index (χ3v) is 4.20. The standard InChI is InChI=1S/C17H26N2O/c1-17(2,3)15-7-5-4-6-14(15)16(20)19-10-8-13(12-18)9-11-19/h4-7,13H,8-12,18H2,1-3H3. The van der Waals surface area contributed by atoms with Gasteiger partial charge in [0, 0.05) is 18.7 Å². The molecular weight excluding hydrogens is 248 g/mol. The molecule has 110 valence electrons. The zero-order valence-corrected chi connectivity index (χ0v) is 12.9. The predicted octanol–water partition coefficient (Wildman–Crippen LogP) is 2.80. The molecule has 1 aliphatic heterocycles. The molecule has 3 heteroatoms. The first-order valence-electron chi connectivity index (χ1n) is 7.52. The van der Waals surface area contributed by atoms with Gasteiger partial charge in [0.2, 0.25) is 0 Å². The maximum atomic E-state index is 12.8. The van der Waals surface area contributed by atoms with Crippen molar-refractivity contribution in [1.29, 1.82) is 0 Å². The van der Waals surface area contributed by atoms with Crippen LogP contribution in [0.3, 0.4) is 0 Å². The monoisotopic (exact) mass is 274 g/mol. The Balaban J connectivity index is 2.18. The molecule has 1 aliphatic rings. The van der Waals surface area contributed by atoms with Crippen LogP contribution in [0.15, 0.2) is 24.3 Å². The van der Waals surface area contributed by atoms with E-state index in [4.69, 9.17) is 5.73 Å². The minimum atomic E-state index is -0.0121. The smallest absolute Gasteiger partial charge is 0.254 e. The number of nitrogens with zero attached hydrogens (tertiary/aromatic N) is 1. The van der Waals surface area contributed by atoms with Crippen LogP contribution in [-0.4, -0.2) is 30.4 Å². The van der Waals surface area contributed by atoms with Gasteiger partial charge >= 0.3 is 0 Å². The molecule has 1 fully saturated rings. The first-order valence-corrected chi connectivity index (χ1v) is 7.52. The quantitative estimate of drug-likeness (QED) is 0.901. The largest absolute Gasteiger partial charge is 0.339 e. The molecule has 1 aromatic rings. The molecule has 3 nitrogen and oxygen atoms in total. The number of amides is 1. The van der Waals surface area contributed by atoms with Crippen molar-refractivity contribution in [1.82, 2.24) is 4.90 Å². The molecule has 20 heavy (non-hydrogen) atoms. The highest BCUT2D eigenvalue weighted by Crippen LogP contribution is 2.27. The Morgan fingerprint density at radius 2 is 1.85 bits per heavy atom. The summed E-state index contributed by atoms with van der Waals surface area (Å²) in [5.74, 6) is 0.753. The van der Waals surface area contributed by atoms with Crippen LogP contribution in [0.2, 0.25) is 0 Å². The molecule has 1 saturated heterocycles. The molecule has 0 saturated carbocycles. The lowest BCUT2D eigenvalue weighted by Crippen LogP contribution is -2.40. The van der Waals surface area contributed by atoms with E-state index < -0.39 is 0 Å². The van der Waals surface area contributed by atoms with Gasteiger partial charge in [-0.2, -0.15) is 0 Å². The molecule has 0 unspecified atom stereocenters. The van der Waals surface area contributed by atoms with E-state index in [0.29, 0.717) is 5.92 Å². The van der Waals surface area contributed by atoms with E-state index in [9.17, 15) is 4.79 Å². The van der Waals surface area contributed by atoms with E-state index in [1.807, 2.05) is 23.1 Å². The first kappa shape index (κ1) is 15.0. The van der Waals surface area contributed by atoms with Crippen molar-refractivity contribution in [3.63, 3.8) is 0 Å². The molecule has 1 heterocycles. The number of carbonyl (C=O) groups excluding carboxylic acids is 1. The van der Waals surface area contributed by atoms with Crippen molar-refractivity contribution in [3.05, 3.63) is 35.4 Å². The van der Waals surface area contributed by atoms with Crippen molar-refractivity contribution in [2.45, 2.75) is 39.0 Å². The molecule has 1 amide bonds. The zero-order valence-electron chi connectivity index (χ0n) is 12.9. The van der Waals surface area contributed by atoms with Crippen LogP contribution < -0.4 is 5.73 Å². The summed E-state index contributed by atoms with van der Waals surface area (Å²) >= 11 is 0. The highest BCUT2D eigenvalue weighted by atomic mass is 16.2. The zero-order chi connectivity index (χ0) is 14.8. The first-order chi connectivity index (χ1) is 9.43. The van der Waals surface area contributed by atoms with Crippen LogP contribution in [0.25, 0.3) is 0 Å². The van der Waals surface area contributed by atoms with Gasteiger partial charge < -0.3 is 10.6 Å². The van der Waals surface area contributed by atoms with E-state index in [1.54, 1.807) is 0 Å². The summed E-state index contributed by atoms with van der Waals surface area (Å²) in [7, 11) is 0. The lowest BCUT2D eigenvalue weighted by Gasteiger charge is -2.33. The number of likely N-dealkylation sites (tertiary alicyclic amines) is 1. The van der Waals surface area contributed by atoms with Crippen molar-refractivity contribution in [2.75, 3.05) is 19.6 Å². The van der Waals surface area contributed by atoms with Gasteiger partial charge in [-0.25, -0.2) is 0 Å². The van der Waals surface area contributed by atoms with Crippen LogP contribution in [0, 0.1) is 5.92 Å². The number of hydrogen-bond donors (Lipinski definition) is 1. The lowest BCUT2D eigenvalue weighted by molar-refractivity contribution is 0.0691. The predicted molar refractivity (Wildman–Crippen MR) is 82.8 cm³/mol. The van der Waals surface area contributed by atoms with Crippen LogP contribution in [-0.2, 0) is 5.41 Å². The van der Waals surface area contributed by atoms with Gasteiger partial charge in [-0.3, -0.25) is 4.79 Å². The molecule has 0 atom stereocenters. The SMILES string of the molecule is CC(C)(C)c1ccccc1C(=O)N1CCC(CN)CC1. The second-order valence-electron chi connectivity index (χ2n) is 6.77. The van der Waals surface area contributed by atoms with Crippen LogP contribution >= 0.6 is 0 Å². The van der Waals surface area contributed by atoms with Crippen LogP contribution in [0.4, 0.5) is 0 Å². The van der Waals surface area contributed by atoms with Crippen molar-refractivity contribution >= 4 is 5.91 Å². The fraction of sp³-hybridized carbons (Fsp3) is 0.588. The summed E-state index contributed by atoms with van der Waals surface area (Å²) in [6.07, 6.45) is 2.06. The third-order valence-electron chi connectivity index (χ3n) is 4.20. The molecule has 0 radical (unpaired) electrons. The number of rotatable bonds is 2. The maximum absolute atomic E-state index is 12.8. The third kappa shape index (κ3) is 3.21. The van der Waals surface area contributed by atoms with Crippen molar-refractivity contribution in [3.8, 4) is 0 Å². The lowest BCUT2D eigenvalue weighted by atomic mass is 9.83. The van der Waals surface area contributed by atoms with Gasteiger partial charge in [-0.05, 0) is 42.3 Å². The molecule has 2 rings (SSSR count). The van der Waals surface area contributed by atoms with Gasteiger partial charge in [0.25, 0.3) is 5.91 Å². The van der Waals surface area contributed by atoms with Gasteiger partial charge in [-0.15, -0.1) is 0 Å². The second kappa shape index (κ2) is 5.96. The average molecular weight is 274 g/mol. The minimum absolute atomic E-state index is 0.0121. The van der Waals surface area contributed by atoms with Crippen LogP contribution in [0.1, 0.15) is 49.5 Å². The highest BCUT2D eigenvalue weighted by Gasteiger charge is 2.27.